The van der Waals surface area contributed by atoms with Crippen LogP contribution in [0.1, 0.15) is 11.1 Å². The number of anilines is 1. The second kappa shape index (κ2) is 4.61. The van der Waals surface area contributed by atoms with Crippen molar-refractivity contribution in [3.63, 3.8) is 0 Å². The Morgan fingerprint density at radius 2 is 1.57 bits per heavy atom. The normalized spacial score (nSPS) is 14.5. The average molecular weight is 274 g/mol. The van der Waals surface area contributed by atoms with Gasteiger partial charge in [-0.3, -0.25) is 4.90 Å². The lowest BCUT2D eigenvalue weighted by Crippen LogP contribution is -2.08. The van der Waals surface area contributed by atoms with Crippen LogP contribution in [0.4, 0.5) is 5.69 Å². The molecular formula is C19H18N2. The molecule has 0 amide bonds. The fourth-order valence-corrected chi connectivity index (χ4v) is 3.39. The Labute approximate surface area is 124 Å². The first-order valence-electron chi connectivity index (χ1n) is 7.31. The summed E-state index contributed by atoms with van der Waals surface area (Å²) in [6.07, 6.45) is 0. The van der Waals surface area contributed by atoms with Crippen molar-refractivity contribution in [2.45, 2.75) is 13.1 Å². The number of fused-ring (bicyclic) bond motifs is 2. The van der Waals surface area contributed by atoms with Crippen LogP contribution in [0.5, 0.6) is 0 Å². The van der Waals surface area contributed by atoms with E-state index in [2.05, 4.69) is 66.5 Å². The van der Waals surface area contributed by atoms with Crippen LogP contribution in [0.25, 0.3) is 21.9 Å². The number of nitrogen functional groups attached to an aromatic ring is 1. The van der Waals surface area contributed by atoms with Gasteiger partial charge >= 0.3 is 0 Å². The van der Waals surface area contributed by atoms with Crippen molar-refractivity contribution in [1.82, 2.24) is 4.90 Å². The van der Waals surface area contributed by atoms with Gasteiger partial charge in [-0.2, -0.15) is 0 Å². The van der Waals surface area contributed by atoms with Gasteiger partial charge in [0.05, 0.1) is 0 Å². The molecule has 0 unspecified atom stereocenters. The Kier molecular flexibility index (Phi) is 2.72. The first-order valence-corrected chi connectivity index (χ1v) is 7.31. The average Bonchev–Trinajstić information content (AvgIpc) is 2.90. The maximum absolute atomic E-state index is 6.17. The van der Waals surface area contributed by atoms with Gasteiger partial charge in [-0.05, 0) is 46.1 Å². The Bertz CT molecular complexity index is 831. The van der Waals surface area contributed by atoms with Crippen LogP contribution in [0, 0.1) is 0 Å². The summed E-state index contributed by atoms with van der Waals surface area (Å²) in [5, 5.41) is 2.59. The molecule has 0 saturated carbocycles. The summed E-state index contributed by atoms with van der Waals surface area (Å²) in [5.41, 5.74) is 12.4. The Hall–Kier alpha value is -2.32. The highest BCUT2D eigenvalue weighted by atomic mass is 15.1. The predicted molar refractivity (Wildman–Crippen MR) is 89.0 cm³/mol. The fraction of sp³-hybridized carbons (Fsp3) is 0.158. The van der Waals surface area contributed by atoms with Gasteiger partial charge in [-0.25, -0.2) is 0 Å². The van der Waals surface area contributed by atoms with Crippen molar-refractivity contribution < 1.29 is 0 Å². The molecule has 0 atom stereocenters. The van der Waals surface area contributed by atoms with Crippen molar-refractivity contribution in [1.29, 1.82) is 0 Å². The zero-order valence-electron chi connectivity index (χ0n) is 12.1. The maximum atomic E-state index is 6.17. The maximum Gasteiger partial charge on any atom is 0.0363 e. The molecule has 2 N–H and O–H groups in total. The van der Waals surface area contributed by atoms with E-state index in [-0.39, 0.29) is 0 Å². The molecule has 0 saturated heterocycles. The summed E-state index contributed by atoms with van der Waals surface area (Å²) < 4.78 is 0. The number of benzene rings is 3. The molecule has 2 heteroatoms. The topological polar surface area (TPSA) is 29.3 Å². The fourth-order valence-electron chi connectivity index (χ4n) is 3.39. The summed E-state index contributed by atoms with van der Waals surface area (Å²) in [4.78, 5) is 2.32. The Morgan fingerprint density at radius 1 is 0.810 bits per heavy atom. The van der Waals surface area contributed by atoms with E-state index in [1.807, 2.05) is 0 Å². The van der Waals surface area contributed by atoms with Crippen molar-refractivity contribution in [2.24, 2.45) is 0 Å². The van der Waals surface area contributed by atoms with Gasteiger partial charge in [0, 0.05) is 18.8 Å². The van der Waals surface area contributed by atoms with Gasteiger partial charge in [0.1, 0.15) is 0 Å². The highest BCUT2D eigenvalue weighted by molar-refractivity contribution is 5.97. The molecule has 0 spiro atoms. The Morgan fingerprint density at radius 3 is 2.48 bits per heavy atom. The molecule has 0 fully saturated rings. The van der Waals surface area contributed by atoms with Gasteiger partial charge < -0.3 is 5.73 Å². The zero-order chi connectivity index (χ0) is 14.4. The third-order valence-corrected chi connectivity index (χ3v) is 4.40. The standard InChI is InChI=1S/C19H18N2/c1-21-11-17-16(9-10-19(20)18(17)12-21)15-8-4-6-13-5-2-3-7-14(13)15/h2-10H,11-12,20H2,1H3. The molecular weight excluding hydrogens is 256 g/mol. The summed E-state index contributed by atoms with van der Waals surface area (Å²) in [7, 11) is 2.15. The van der Waals surface area contributed by atoms with Crippen LogP contribution < -0.4 is 5.73 Å². The third-order valence-electron chi connectivity index (χ3n) is 4.40. The quantitative estimate of drug-likeness (QED) is 0.679. The molecule has 0 radical (unpaired) electrons. The first kappa shape index (κ1) is 12.4. The molecule has 0 aliphatic carbocycles. The number of rotatable bonds is 1. The number of hydrogen-bond donors (Lipinski definition) is 1. The second-order valence-electron chi connectivity index (χ2n) is 5.86. The summed E-state index contributed by atoms with van der Waals surface area (Å²) in [6.45, 7) is 1.92. The van der Waals surface area contributed by atoms with Crippen molar-refractivity contribution in [2.75, 3.05) is 12.8 Å². The van der Waals surface area contributed by atoms with E-state index in [0.29, 0.717) is 0 Å². The minimum atomic E-state index is 0.915. The summed E-state index contributed by atoms with van der Waals surface area (Å²) >= 11 is 0. The van der Waals surface area contributed by atoms with Crippen LogP contribution in [0.3, 0.4) is 0 Å². The van der Waals surface area contributed by atoms with Gasteiger partial charge in [0.15, 0.2) is 0 Å². The lowest BCUT2D eigenvalue weighted by Gasteiger charge is -2.13. The molecule has 1 aliphatic rings. The van der Waals surface area contributed by atoms with Gasteiger partial charge in [0.2, 0.25) is 0 Å². The van der Waals surface area contributed by atoms with E-state index >= 15 is 0 Å². The lowest BCUT2D eigenvalue weighted by molar-refractivity contribution is 0.353. The summed E-state index contributed by atoms with van der Waals surface area (Å²) in [5.74, 6) is 0. The van der Waals surface area contributed by atoms with E-state index in [4.69, 9.17) is 5.73 Å². The molecule has 1 heterocycles. The molecule has 1 aliphatic heterocycles. The second-order valence-corrected chi connectivity index (χ2v) is 5.86. The van der Waals surface area contributed by atoms with Crippen LogP contribution in [0.2, 0.25) is 0 Å². The smallest absolute Gasteiger partial charge is 0.0363 e. The molecule has 2 nitrogen and oxygen atoms in total. The molecule has 0 aromatic heterocycles. The van der Waals surface area contributed by atoms with Crippen LogP contribution in [-0.2, 0) is 13.1 Å². The molecule has 4 rings (SSSR count). The third kappa shape index (κ3) is 1.91. The summed E-state index contributed by atoms with van der Waals surface area (Å²) in [6, 6.07) is 19.3. The highest BCUT2D eigenvalue weighted by Crippen LogP contribution is 2.38. The van der Waals surface area contributed by atoms with E-state index < -0.39 is 0 Å². The van der Waals surface area contributed by atoms with Gasteiger partial charge in [-0.1, -0.05) is 48.5 Å². The van der Waals surface area contributed by atoms with Crippen molar-refractivity contribution in [3.8, 4) is 11.1 Å². The van der Waals surface area contributed by atoms with E-state index in [9.17, 15) is 0 Å². The molecule has 0 bridgehead atoms. The number of nitrogens with zero attached hydrogens (tertiary/aromatic N) is 1. The van der Waals surface area contributed by atoms with E-state index in [1.165, 1.54) is 33.0 Å². The predicted octanol–water partition coefficient (Wildman–Crippen LogP) is 4.03. The Balaban J connectivity index is 2.01. The molecule has 21 heavy (non-hydrogen) atoms. The number of hydrogen-bond acceptors (Lipinski definition) is 2. The lowest BCUT2D eigenvalue weighted by atomic mass is 9.92. The van der Waals surface area contributed by atoms with Crippen LogP contribution in [-0.4, -0.2) is 11.9 Å². The number of nitrogens with two attached hydrogens (primary N) is 1. The van der Waals surface area contributed by atoms with E-state index in [1.54, 1.807) is 0 Å². The van der Waals surface area contributed by atoms with Crippen molar-refractivity contribution in [3.05, 3.63) is 65.7 Å². The van der Waals surface area contributed by atoms with Gasteiger partial charge in [-0.15, -0.1) is 0 Å². The monoisotopic (exact) mass is 274 g/mol. The minimum absolute atomic E-state index is 0.915. The van der Waals surface area contributed by atoms with Crippen LogP contribution >= 0.6 is 0 Å². The zero-order valence-corrected chi connectivity index (χ0v) is 12.1. The highest BCUT2D eigenvalue weighted by Gasteiger charge is 2.22. The van der Waals surface area contributed by atoms with E-state index in [0.717, 1.165) is 18.8 Å². The minimum Gasteiger partial charge on any atom is -0.398 e. The van der Waals surface area contributed by atoms with Crippen LogP contribution in [0.15, 0.2) is 54.6 Å². The SMILES string of the molecule is CN1Cc2c(N)ccc(-c3cccc4ccccc34)c2C1. The first-order chi connectivity index (χ1) is 10.2. The molecule has 3 aromatic rings. The van der Waals surface area contributed by atoms with Gasteiger partial charge in [0.25, 0.3) is 0 Å². The molecule has 104 valence electrons. The molecule has 3 aromatic carbocycles. The van der Waals surface area contributed by atoms with Crippen molar-refractivity contribution >= 4 is 16.5 Å². The largest absolute Gasteiger partial charge is 0.398 e.